The van der Waals surface area contributed by atoms with E-state index in [-0.39, 0.29) is 0 Å². The Morgan fingerprint density at radius 2 is 1.75 bits per heavy atom. The number of nitrogens with zero attached hydrogens (tertiary/aromatic N) is 2. The fraction of sp³-hybridized carbons (Fsp3) is 0.118. The quantitative estimate of drug-likeness (QED) is 0.553. The Morgan fingerprint density at radius 3 is 2.42 bits per heavy atom. The number of benzene rings is 1. The number of hydrogen-bond acceptors (Lipinski definition) is 0. The molecular formula is C17H13BBr2F2N2. The molecule has 0 spiro atoms. The summed E-state index contributed by atoms with van der Waals surface area (Å²) in [5.74, 6) is 0. The molecule has 2 nitrogen and oxygen atoms in total. The van der Waals surface area contributed by atoms with Crippen LogP contribution in [0.1, 0.15) is 23.7 Å². The van der Waals surface area contributed by atoms with Crippen molar-refractivity contribution in [2.45, 2.75) is 13.3 Å². The van der Waals surface area contributed by atoms with Gasteiger partial charge in [-0.25, -0.2) is 0 Å². The molecule has 0 unspecified atom stereocenters. The first-order valence-corrected chi connectivity index (χ1v) is 9.26. The van der Waals surface area contributed by atoms with Crippen molar-refractivity contribution in [2.24, 2.45) is 0 Å². The van der Waals surface area contributed by atoms with Crippen LogP contribution < -0.4 is 0 Å². The van der Waals surface area contributed by atoms with E-state index in [2.05, 4.69) is 38.8 Å². The van der Waals surface area contributed by atoms with Crippen molar-refractivity contribution in [2.75, 3.05) is 0 Å². The van der Waals surface area contributed by atoms with Gasteiger partial charge in [0.25, 0.3) is 0 Å². The number of aryl methyl sites for hydroxylation is 1. The molecule has 0 bridgehead atoms. The molecule has 0 N–H and O–H groups in total. The highest BCUT2D eigenvalue weighted by Gasteiger charge is 2.54. The fourth-order valence-electron chi connectivity index (χ4n) is 3.34. The molecule has 122 valence electrons. The minimum Gasteiger partial charge on any atom is -0.389 e. The van der Waals surface area contributed by atoms with E-state index in [9.17, 15) is 0 Å². The first-order chi connectivity index (χ1) is 11.4. The molecule has 0 atom stereocenters. The molecule has 0 saturated carbocycles. The van der Waals surface area contributed by atoms with Crippen LogP contribution in [0.4, 0.5) is 8.63 Å². The van der Waals surface area contributed by atoms with Crippen LogP contribution in [0.3, 0.4) is 0 Å². The maximum Gasteiger partial charge on any atom is 0.738 e. The number of hydrogen-bond donors (Lipinski definition) is 0. The lowest BCUT2D eigenvalue weighted by Crippen LogP contribution is -2.50. The van der Waals surface area contributed by atoms with Crippen LogP contribution in [-0.2, 0) is 6.42 Å². The highest BCUT2D eigenvalue weighted by molar-refractivity contribution is 9.18. The van der Waals surface area contributed by atoms with Crippen molar-refractivity contribution in [3.8, 4) is 0 Å². The second-order valence-electron chi connectivity index (χ2n) is 5.84. The zero-order valence-corrected chi connectivity index (χ0v) is 16.0. The maximum atomic E-state index is 15.1. The third-order valence-electron chi connectivity index (χ3n) is 4.52. The molecule has 0 fully saturated rings. The van der Waals surface area contributed by atoms with Gasteiger partial charge in [0.15, 0.2) is 5.70 Å². The molecule has 2 aliphatic rings. The molecule has 1 aromatic carbocycles. The van der Waals surface area contributed by atoms with Gasteiger partial charge in [-0.2, -0.15) is 0 Å². The van der Waals surface area contributed by atoms with E-state index < -0.39 is 6.97 Å². The summed E-state index contributed by atoms with van der Waals surface area (Å²) in [4.78, 5) is 0. The number of allylic oxidation sites excluding steroid dienone is 2. The summed E-state index contributed by atoms with van der Waals surface area (Å²) in [6.07, 6.45) is 4.36. The van der Waals surface area contributed by atoms with E-state index in [4.69, 9.17) is 0 Å². The van der Waals surface area contributed by atoms with E-state index in [1.807, 2.05) is 24.3 Å². The van der Waals surface area contributed by atoms with Crippen molar-refractivity contribution in [3.63, 3.8) is 0 Å². The lowest BCUT2D eigenvalue weighted by atomic mass is 9.86. The van der Waals surface area contributed by atoms with Crippen LogP contribution in [0.2, 0.25) is 0 Å². The first-order valence-electron chi connectivity index (χ1n) is 7.68. The summed E-state index contributed by atoms with van der Waals surface area (Å²) >= 11 is 6.54. The zero-order valence-electron chi connectivity index (χ0n) is 12.8. The van der Waals surface area contributed by atoms with Crippen molar-refractivity contribution < 1.29 is 13.1 Å². The maximum absolute atomic E-state index is 15.1. The molecule has 1 aromatic heterocycles. The van der Waals surface area contributed by atoms with Crippen LogP contribution >= 0.6 is 31.9 Å². The number of rotatable bonds is 2. The monoisotopic (exact) mass is 452 g/mol. The predicted molar refractivity (Wildman–Crippen MR) is 101 cm³/mol. The van der Waals surface area contributed by atoms with Gasteiger partial charge in [-0.15, -0.1) is 0 Å². The molecule has 4 rings (SSSR count). The normalized spacial score (nSPS) is 18.2. The van der Waals surface area contributed by atoms with Crippen LogP contribution in [0.5, 0.6) is 0 Å². The fourth-order valence-corrected chi connectivity index (χ4v) is 4.47. The van der Waals surface area contributed by atoms with Crippen molar-refractivity contribution in [1.82, 2.24) is 4.48 Å². The molecule has 0 amide bonds. The Hall–Kier alpha value is -1.47. The van der Waals surface area contributed by atoms with Gasteiger partial charge in [-0.05, 0) is 45.6 Å². The van der Waals surface area contributed by atoms with E-state index in [1.54, 1.807) is 24.3 Å². The first kappa shape index (κ1) is 16.0. The third-order valence-corrected chi connectivity index (χ3v) is 5.81. The van der Waals surface area contributed by atoms with Crippen LogP contribution in [-0.4, -0.2) is 20.6 Å². The van der Waals surface area contributed by atoms with Crippen LogP contribution in [0.25, 0.3) is 5.57 Å². The van der Waals surface area contributed by atoms with E-state index in [1.165, 1.54) is 5.56 Å². The average molecular weight is 454 g/mol. The summed E-state index contributed by atoms with van der Waals surface area (Å²) in [5.41, 5.74) is 4.00. The van der Waals surface area contributed by atoms with Crippen molar-refractivity contribution >= 4 is 49.0 Å². The second kappa shape index (κ2) is 5.53. The highest BCUT2D eigenvalue weighted by Crippen LogP contribution is 2.41. The Bertz CT molecular complexity index is 940. The minimum atomic E-state index is -3.96. The Kier molecular flexibility index (Phi) is 3.69. The minimum absolute atomic E-state index is 0.372. The molecule has 0 aliphatic carbocycles. The number of fused-ring (bicyclic) bond motifs is 2. The number of aromatic nitrogens is 1. The SMILES string of the molecule is CCc1ccc(C2=C3C=CC(Br)=[N+]3[B-](F)(F)n3c(Br)ccc32)cc1. The lowest BCUT2D eigenvalue weighted by Gasteiger charge is -2.32. The molecule has 2 aromatic rings. The van der Waals surface area contributed by atoms with Gasteiger partial charge < -0.3 is 17.6 Å². The topological polar surface area (TPSA) is 7.94 Å². The molecule has 7 heteroatoms. The predicted octanol–water partition coefficient (Wildman–Crippen LogP) is 5.18. The smallest absolute Gasteiger partial charge is 0.389 e. The standard InChI is InChI=1S/C17H13BBr2F2N2/c1-2-11-3-5-12(6-4-11)17-13-7-9-15(19)23(13)18(21,22)24-14(17)8-10-16(24)20/h3-10H,2H2,1H3. The molecule has 0 radical (unpaired) electrons. The molecule has 3 heterocycles. The van der Waals surface area contributed by atoms with Crippen LogP contribution in [0.15, 0.2) is 58.9 Å². The van der Waals surface area contributed by atoms with Gasteiger partial charge in [0, 0.05) is 33.8 Å². The van der Waals surface area contributed by atoms with Gasteiger partial charge in [-0.1, -0.05) is 31.2 Å². The summed E-state index contributed by atoms with van der Waals surface area (Å²) in [6, 6.07) is 11.5. The summed E-state index contributed by atoms with van der Waals surface area (Å²) in [5, 5.41) is 0. The van der Waals surface area contributed by atoms with E-state index >= 15 is 8.63 Å². The van der Waals surface area contributed by atoms with Gasteiger partial charge in [-0.3, -0.25) is 0 Å². The molecule has 24 heavy (non-hydrogen) atoms. The second-order valence-corrected chi connectivity index (χ2v) is 7.46. The van der Waals surface area contributed by atoms with Crippen molar-refractivity contribution in [3.05, 3.63) is 75.7 Å². The van der Waals surface area contributed by atoms with Crippen LogP contribution in [0, 0.1) is 0 Å². The van der Waals surface area contributed by atoms with Gasteiger partial charge in [0.1, 0.15) is 0 Å². The highest BCUT2D eigenvalue weighted by atomic mass is 79.9. The third kappa shape index (κ3) is 2.14. The molecule has 0 saturated heterocycles. The lowest BCUT2D eigenvalue weighted by molar-refractivity contribution is -0.358. The van der Waals surface area contributed by atoms with Gasteiger partial charge in [0.05, 0.1) is 10.2 Å². The molecule has 2 aliphatic heterocycles. The van der Waals surface area contributed by atoms with Gasteiger partial charge in [0.2, 0.25) is 4.62 Å². The summed E-state index contributed by atoms with van der Waals surface area (Å²) < 4.78 is 33.1. The van der Waals surface area contributed by atoms with E-state index in [0.29, 0.717) is 20.6 Å². The van der Waals surface area contributed by atoms with Gasteiger partial charge >= 0.3 is 6.97 Å². The zero-order chi connectivity index (χ0) is 17.1. The largest absolute Gasteiger partial charge is 0.738 e. The summed E-state index contributed by atoms with van der Waals surface area (Å²) in [6.45, 7) is -1.86. The Morgan fingerprint density at radius 1 is 1.04 bits per heavy atom. The summed E-state index contributed by atoms with van der Waals surface area (Å²) in [7, 11) is 0. The Labute approximate surface area is 155 Å². The van der Waals surface area contributed by atoms with E-state index in [0.717, 1.165) is 26.5 Å². The molecular weight excluding hydrogens is 441 g/mol. The number of halogens is 4. The average Bonchev–Trinajstić information content (AvgIpc) is 3.13. The van der Waals surface area contributed by atoms with Crippen molar-refractivity contribution in [1.29, 1.82) is 0 Å². The Balaban J connectivity index is 2.04.